The Morgan fingerprint density at radius 1 is 1.27 bits per heavy atom. The monoisotopic (exact) mass is 404 g/mol. The predicted octanol–water partition coefficient (Wildman–Crippen LogP) is 3.14. The molecule has 0 saturated heterocycles. The fraction of sp³-hybridized carbons (Fsp3) is 0.318. The van der Waals surface area contributed by atoms with Crippen LogP contribution in [0.3, 0.4) is 0 Å². The van der Waals surface area contributed by atoms with Crippen LogP contribution >= 0.6 is 0 Å². The molecule has 4 N–H and O–H groups in total. The van der Waals surface area contributed by atoms with Crippen molar-refractivity contribution in [3.63, 3.8) is 0 Å². The van der Waals surface area contributed by atoms with Crippen molar-refractivity contribution in [2.24, 2.45) is 17.6 Å². The molecular weight excluding hydrogens is 380 g/mol. The summed E-state index contributed by atoms with van der Waals surface area (Å²) in [5.74, 6) is 1.25. The molecule has 4 atom stereocenters. The van der Waals surface area contributed by atoms with E-state index in [-0.39, 0.29) is 18.1 Å². The molecule has 2 bridgehead atoms. The molecule has 30 heavy (non-hydrogen) atoms. The van der Waals surface area contributed by atoms with Gasteiger partial charge in [-0.15, -0.1) is 0 Å². The van der Waals surface area contributed by atoms with Crippen LogP contribution in [0.5, 0.6) is 0 Å². The van der Waals surface area contributed by atoms with Crippen molar-refractivity contribution in [3.05, 3.63) is 48.7 Å². The smallest absolute Gasteiger partial charge is 0.404 e. The lowest BCUT2D eigenvalue weighted by Crippen LogP contribution is -2.41. The number of benzene rings is 1. The Bertz CT molecular complexity index is 1140. The Balaban J connectivity index is 1.48. The van der Waals surface area contributed by atoms with E-state index in [0.717, 1.165) is 34.7 Å². The molecule has 154 valence electrons. The van der Waals surface area contributed by atoms with Gasteiger partial charge in [0.1, 0.15) is 17.4 Å². The summed E-state index contributed by atoms with van der Waals surface area (Å²) in [6.45, 7) is 0. The molecular formula is C22H24N6O2. The largest absolute Gasteiger partial charge is 0.444 e. The van der Waals surface area contributed by atoms with Crippen LogP contribution in [0.15, 0.2) is 48.7 Å². The first-order valence-corrected chi connectivity index (χ1v) is 10.0. The van der Waals surface area contributed by atoms with Crippen molar-refractivity contribution in [1.82, 2.24) is 15.0 Å². The Morgan fingerprint density at radius 3 is 2.90 bits per heavy atom. The van der Waals surface area contributed by atoms with E-state index in [4.69, 9.17) is 10.5 Å². The number of rotatable bonds is 5. The molecule has 3 aromatic rings. The quantitative estimate of drug-likeness (QED) is 0.564. The van der Waals surface area contributed by atoms with Gasteiger partial charge >= 0.3 is 6.09 Å². The van der Waals surface area contributed by atoms with Crippen LogP contribution in [0.2, 0.25) is 0 Å². The number of aromatic amines is 1. The number of nitrogens with one attached hydrogen (secondary N) is 2. The van der Waals surface area contributed by atoms with E-state index >= 15 is 0 Å². The molecule has 0 radical (unpaired) electrons. The van der Waals surface area contributed by atoms with E-state index in [9.17, 15) is 4.79 Å². The summed E-state index contributed by atoms with van der Waals surface area (Å²) >= 11 is 0. The van der Waals surface area contributed by atoms with E-state index in [1.807, 2.05) is 32.3 Å². The number of pyridine rings is 1. The number of primary amides is 1. The molecule has 0 spiro atoms. The standard InChI is InChI=1S/C22H24N6O2/c1-28(2)15-5-3-4-14(11-15)20-26-18-16(8-9-24-21(18)27-20)25-17-12-6-7-13(10-12)19(17)30-22(23)29/h3-9,11-13,17,19H,10H2,1-2H3,(H2,23,29)(H2,24,25,26,27)/t12-,13+,17+,19-/m0/s1. The zero-order valence-electron chi connectivity index (χ0n) is 16.9. The van der Waals surface area contributed by atoms with Gasteiger partial charge in [-0.25, -0.2) is 14.8 Å². The van der Waals surface area contributed by atoms with Gasteiger partial charge in [0, 0.05) is 43.4 Å². The number of hydrogen-bond donors (Lipinski definition) is 3. The van der Waals surface area contributed by atoms with Gasteiger partial charge in [0.05, 0.1) is 11.7 Å². The molecule has 2 aromatic heterocycles. The number of nitrogens with two attached hydrogens (primary N) is 1. The minimum atomic E-state index is -0.739. The molecule has 0 aliphatic heterocycles. The number of anilines is 2. The lowest BCUT2D eigenvalue weighted by atomic mass is 9.98. The number of carbonyl (C=O) groups is 1. The SMILES string of the molecule is CN(C)c1cccc(-c2nc3nccc(N[C@H]4[C@@H](OC(N)=O)[C@@H]5C=C[C@H]4C5)c3[nH]2)c1. The molecule has 2 heterocycles. The second-order valence-electron chi connectivity index (χ2n) is 8.11. The molecule has 2 aliphatic carbocycles. The highest BCUT2D eigenvalue weighted by molar-refractivity contribution is 5.88. The molecule has 1 saturated carbocycles. The molecule has 8 heteroatoms. The van der Waals surface area contributed by atoms with Crippen LogP contribution in [0.4, 0.5) is 16.2 Å². The molecule has 1 amide bonds. The number of nitrogens with zero attached hydrogens (tertiary/aromatic N) is 3. The summed E-state index contributed by atoms with van der Waals surface area (Å²) in [5.41, 5.74) is 9.74. The summed E-state index contributed by atoms with van der Waals surface area (Å²) in [6.07, 6.45) is 5.97. The van der Waals surface area contributed by atoms with Crippen LogP contribution in [0, 0.1) is 11.8 Å². The number of imidazole rings is 1. The lowest BCUT2D eigenvalue weighted by molar-refractivity contribution is 0.0854. The maximum absolute atomic E-state index is 11.4. The van der Waals surface area contributed by atoms with Gasteiger partial charge in [-0.2, -0.15) is 0 Å². The van der Waals surface area contributed by atoms with Crippen molar-refractivity contribution < 1.29 is 9.53 Å². The fourth-order valence-electron chi connectivity index (χ4n) is 4.54. The molecule has 1 aromatic carbocycles. The van der Waals surface area contributed by atoms with Gasteiger partial charge in [-0.3, -0.25) is 0 Å². The van der Waals surface area contributed by atoms with Gasteiger partial charge in [0.15, 0.2) is 5.65 Å². The second-order valence-corrected chi connectivity index (χ2v) is 8.11. The average Bonchev–Trinajstić information content (AvgIpc) is 3.44. The zero-order chi connectivity index (χ0) is 20.8. The number of carbonyl (C=O) groups excluding carboxylic acids is 1. The third-order valence-electron chi connectivity index (χ3n) is 5.99. The van der Waals surface area contributed by atoms with E-state index in [0.29, 0.717) is 11.6 Å². The number of aromatic nitrogens is 3. The van der Waals surface area contributed by atoms with Gasteiger partial charge in [-0.1, -0.05) is 24.3 Å². The molecule has 5 rings (SSSR count). The number of hydrogen-bond acceptors (Lipinski definition) is 6. The number of fused-ring (bicyclic) bond motifs is 3. The van der Waals surface area contributed by atoms with Gasteiger partial charge in [0.25, 0.3) is 0 Å². The van der Waals surface area contributed by atoms with Crippen LogP contribution in [-0.2, 0) is 4.74 Å². The van der Waals surface area contributed by atoms with Crippen molar-refractivity contribution in [2.75, 3.05) is 24.3 Å². The Hall–Kier alpha value is -3.55. The van der Waals surface area contributed by atoms with Crippen molar-refractivity contribution >= 4 is 28.6 Å². The maximum Gasteiger partial charge on any atom is 0.404 e. The first kappa shape index (κ1) is 18.5. The number of amides is 1. The second kappa shape index (κ2) is 7.05. The van der Waals surface area contributed by atoms with Crippen LogP contribution in [0.1, 0.15) is 6.42 Å². The maximum atomic E-state index is 11.4. The highest BCUT2D eigenvalue weighted by atomic mass is 16.6. The summed E-state index contributed by atoms with van der Waals surface area (Å²) in [7, 11) is 4.02. The predicted molar refractivity (Wildman–Crippen MR) is 116 cm³/mol. The number of H-pyrrole nitrogens is 1. The number of ether oxygens (including phenoxy) is 1. The van der Waals surface area contributed by atoms with E-state index in [1.165, 1.54) is 0 Å². The van der Waals surface area contributed by atoms with Gasteiger partial charge in [-0.05, 0) is 24.6 Å². The molecule has 1 fully saturated rings. The highest BCUT2D eigenvalue weighted by Crippen LogP contribution is 2.43. The molecule has 2 aliphatic rings. The fourth-order valence-corrected chi connectivity index (χ4v) is 4.54. The lowest BCUT2D eigenvalue weighted by Gasteiger charge is -2.28. The van der Waals surface area contributed by atoms with E-state index in [1.54, 1.807) is 6.20 Å². The topological polar surface area (TPSA) is 109 Å². The third kappa shape index (κ3) is 3.14. The zero-order valence-corrected chi connectivity index (χ0v) is 16.9. The van der Waals surface area contributed by atoms with Crippen LogP contribution < -0.4 is 16.0 Å². The highest BCUT2D eigenvalue weighted by Gasteiger charge is 2.47. The summed E-state index contributed by atoms with van der Waals surface area (Å²) in [4.78, 5) is 26.0. The molecule has 0 unspecified atom stereocenters. The van der Waals surface area contributed by atoms with E-state index in [2.05, 4.69) is 49.5 Å². The van der Waals surface area contributed by atoms with Crippen LogP contribution in [-0.4, -0.2) is 47.3 Å². The summed E-state index contributed by atoms with van der Waals surface area (Å²) < 4.78 is 5.43. The minimum absolute atomic E-state index is 0.0399. The third-order valence-corrected chi connectivity index (χ3v) is 5.99. The Kier molecular flexibility index (Phi) is 4.34. The van der Waals surface area contributed by atoms with Gasteiger partial charge < -0.3 is 25.7 Å². The minimum Gasteiger partial charge on any atom is -0.444 e. The summed E-state index contributed by atoms with van der Waals surface area (Å²) in [6, 6.07) is 10.0. The van der Waals surface area contributed by atoms with Crippen molar-refractivity contribution in [3.8, 4) is 11.4 Å². The van der Waals surface area contributed by atoms with E-state index < -0.39 is 6.09 Å². The Morgan fingerprint density at radius 2 is 2.10 bits per heavy atom. The van der Waals surface area contributed by atoms with Crippen LogP contribution in [0.25, 0.3) is 22.6 Å². The van der Waals surface area contributed by atoms with Crippen molar-refractivity contribution in [2.45, 2.75) is 18.6 Å². The summed E-state index contributed by atoms with van der Waals surface area (Å²) in [5, 5.41) is 3.56. The Labute approximate surface area is 174 Å². The first-order chi connectivity index (χ1) is 14.5. The first-order valence-electron chi connectivity index (χ1n) is 10.0. The molecule has 8 nitrogen and oxygen atoms in total. The van der Waals surface area contributed by atoms with Crippen molar-refractivity contribution in [1.29, 1.82) is 0 Å². The normalized spacial score (nSPS) is 24.3. The van der Waals surface area contributed by atoms with Gasteiger partial charge in [0.2, 0.25) is 0 Å². The average molecular weight is 404 g/mol.